The first-order valence-corrected chi connectivity index (χ1v) is 10.2. The number of hydrogen-bond acceptors (Lipinski definition) is 6. The Bertz CT molecular complexity index is 1040. The minimum Gasteiger partial charge on any atom is -0.338 e. The topological polar surface area (TPSA) is 78.8 Å². The molecule has 0 spiro atoms. The number of pyridine rings is 1. The Balaban J connectivity index is 1.41. The van der Waals surface area contributed by atoms with E-state index in [1.54, 1.807) is 12.4 Å². The van der Waals surface area contributed by atoms with Crippen molar-refractivity contribution in [2.75, 3.05) is 13.1 Å². The average molecular weight is 385 g/mol. The van der Waals surface area contributed by atoms with Gasteiger partial charge in [-0.1, -0.05) is 23.7 Å². The Kier molecular flexibility index (Phi) is 4.40. The van der Waals surface area contributed by atoms with Gasteiger partial charge in [0.15, 0.2) is 0 Å². The minimum atomic E-state index is -0.0612. The highest BCUT2D eigenvalue weighted by Gasteiger charge is 2.54. The van der Waals surface area contributed by atoms with Crippen LogP contribution in [0.3, 0.4) is 0 Å². The molecule has 6 heteroatoms. The minimum absolute atomic E-state index is 0.0612. The molecule has 3 heterocycles. The second-order valence-electron chi connectivity index (χ2n) is 8.25. The van der Waals surface area contributed by atoms with Gasteiger partial charge in [-0.05, 0) is 55.5 Å². The van der Waals surface area contributed by atoms with Crippen molar-refractivity contribution >= 4 is 0 Å². The van der Waals surface area contributed by atoms with Crippen LogP contribution in [-0.4, -0.2) is 33.1 Å². The van der Waals surface area contributed by atoms with Gasteiger partial charge in [0.25, 0.3) is 0 Å². The zero-order chi connectivity index (χ0) is 19.8. The average Bonchev–Trinajstić information content (AvgIpc) is 3.48. The zero-order valence-corrected chi connectivity index (χ0v) is 16.5. The monoisotopic (exact) mass is 385 g/mol. The molecule has 0 unspecified atom stereocenters. The molecule has 1 aliphatic heterocycles. The smallest absolute Gasteiger partial charge is 0.234 e. The number of rotatable bonds is 4. The summed E-state index contributed by atoms with van der Waals surface area (Å²) in [6.07, 6.45) is 7.00. The molecule has 2 aromatic heterocycles. The summed E-state index contributed by atoms with van der Waals surface area (Å²) >= 11 is 0. The van der Waals surface area contributed by atoms with Crippen LogP contribution < -0.4 is 0 Å². The lowest BCUT2D eigenvalue weighted by Gasteiger charge is -2.28. The molecule has 1 aromatic carbocycles. The first-order chi connectivity index (χ1) is 14.2. The molecule has 0 amide bonds. The maximum Gasteiger partial charge on any atom is 0.234 e. The van der Waals surface area contributed by atoms with Gasteiger partial charge in [-0.25, -0.2) is 0 Å². The largest absolute Gasteiger partial charge is 0.338 e. The molecule has 2 aliphatic rings. The Morgan fingerprint density at radius 2 is 2.14 bits per heavy atom. The van der Waals surface area contributed by atoms with Crippen molar-refractivity contribution in [1.29, 1.82) is 5.26 Å². The first kappa shape index (κ1) is 18.0. The lowest BCUT2D eigenvalue weighted by Crippen LogP contribution is -2.33. The molecule has 29 heavy (non-hydrogen) atoms. The third-order valence-electron chi connectivity index (χ3n) is 6.74. The Labute approximate surface area is 170 Å². The van der Waals surface area contributed by atoms with Crippen LogP contribution in [0.4, 0.5) is 0 Å². The van der Waals surface area contributed by atoms with E-state index in [4.69, 9.17) is 14.8 Å². The summed E-state index contributed by atoms with van der Waals surface area (Å²) in [7, 11) is 0. The quantitative estimate of drug-likeness (QED) is 0.672. The van der Waals surface area contributed by atoms with Gasteiger partial charge >= 0.3 is 0 Å². The number of nitrogens with zero attached hydrogens (tertiary/aromatic N) is 5. The van der Waals surface area contributed by atoms with Gasteiger partial charge in [0, 0.05) is 37.1 Å². The number of aromatic nitrogens is 3. The van der Waals surface area contributed by atoms with Crippen LogP contribution in [0.15, 0.2) is 53.3 Å². The lowest BCUT2D eigenvalue weighted by molar-refractivity contribution is 0.218. The number of fused-ring (bicyclic) bond motifs is 1. The Morgan fingerprint density at radius 3 is 2.90 bits per heavy atom. The van der Waals surface area contributed by atoms with Gasteiger partial charge in [-0.15, -0.1) is 0 Å². The fraction of sp³-hybridized carbons (Fsp3) is 0.391. The number of benzene rings is 1. The van der Waals surface area contributed by atoms with E-state index < -0.39 is 0 Å². The van der Waals surface area contributed by atoms with Crippen molar-refractivity contribution in [3.63, 3.8) is 0 Å². The van der Waals surface area contributed by atoms with Crippen LogP contribution in [0.5, 0.6) is 0 Å². The summed E-state index contributed by atoms with van der Waals surface area (Å²) in [5.74, 6) is 1.92. The first-order valence-electron chi connectivity index (χ1n) is 10.2. The highest BCUT2D eigenvalue weighted by atomic mass is 16.5. The van der Waals surface area contributed by atoms with E-state index in [9.17, 15) is 0 Å². The molecule has 0 bridgehead atoms. The van der Waals surface area contributed by atoms with Gasteiger partial charge in [0.1, 0.15) is 0 Å². The SMILES string of the molecule is C[C@@H](c1ccc(C#N)cc1)N1C[C@H]2CCC[C@@]2(c2nc(-c3cccnc3)no2)C1. The Morgan fingerprint density at radius 1 is 1.28 bits per heavy atom. The fourth-order valence-corrected chi connectivity index (χ4v) is 5.06. The number of hydrogen-bond donors (Lipinski definition) is 0. The van der Waals surface area contributed by atoms with Crippen LogP contribution in [0.2, 0.25) is 0 Å². The molecule has 6 nitrogen and oxygen atoms in total. The van der Waals surface area contributed by atoms with Gasteiger partial charge < -0.3 is 4.52 Å². The highest BCUT2D eigenvalue weighted by molar-refractivity contribution is 5.52. The highest BCUT2D eigenvalue weighted by Crippen LogP contribution is 2.51. The van der Waals surface area contributed by atoms with E-state index in [1.807, 2.05) is 24.3 Å². The van der Waals surface area contributed by atoms with Crippen LogP contribution >= 0.6 is 0 Å². The third kappa shape index (κ3) is 3.02. The summed E-state index contributed by atoms with van der Waals surface area (Å²) in [6, 6.07) is 14.3. The maximum absolute atomic E-state index is 9.04. The van der Waals surface area contributed by atoms with Crippen molar-refractivity contribution in [2.45, 2.75) is 37.6 Å². The third-order valence-corrected chi connectivity index (χ3v) is 6.74. The molecule has 1 saturated carbocycles. The standard InChI is InChI=1S/C23H23N5O/c1-16(18-8-6-17(12-24)7-9-18)28-14-20-5-2-10-23(20,15-28)22-26-21(27-29-22)19-4-3-11-25-13-19/h3-4,6-9,11,13,16,20H,2,5,10,14-15H2,1H3/t16-,20+,23+/m0/s1. The van der Waals surface area contributed by atoms with E-state index in [0.29, 0.717) is 17.3 Å². The molecule has 3 aromatic rings. The predicted octanol–water partition coefficient (Wildman–Crippen LogP) is 4.12. The molecule has 1 aliphatic carbocycles. The van der Waals surface area contributed by atoms with Gasteiger partial charge in [-0.3, -0.25) is 9.88 Å². The van der Waals surface area contributed by atoms with E-state index >= 15 is 0 Å². The normalized spacial score (nSPS) is 24.9. The second-order valence-corrected chi connectivity index (χ2v) is 8.25. The summed E-state index contributed by atoms with van der Waals surface area (Å²) in [5.41, 5.74) is 2.76. The molecule has 0 N–H and O–H groups in total. The summed E-state index contributed by atoms with van der Waals surface area (Å²) in [5, 5.41) is 13.3. The van der Waals surface area contributed by atoms with Crippen molar-refractivity contribution in [2.24, 2.45) is 5.92 Å². The number of likely N-dealkylation sites (tertiary alicyclic amines) is 1. The van der Waals surface area contributed by atoms with Gasteiger partial charge in [-0.2, -0.15) is 10.2 Å². The molecule has 5 rings (SSSR count). The van der Waals surface area contributed by atoms with Crippen molar-refractivity contribution in [3.8, 4) is 17.5 Å². The second kappa shape index (κ2) is 7.09. The van der Waals surface area contributed by atoms with Crippen LogP contribution in [0.25, 0.3) is 11.4 Å². The van der Waals surface area contributed by atoms with Crippen LogP contribution in [0.1, 0.15) is 49.2 Å². The van der Waals surface area contributed by atoms with E-state index in [-0.39, 0.29) is 11.5 Å². The molecule has 146 valence electrons. The molecular formula is C23H23N5O. The molecule has 1 saturated heterocycles. The maximum atomic E-state index is 9.04. The van der Waals surface area contributed by atoms with Crippen molar-refractivity contribution < 1.29 is 4.52 Å². The summed E-state index contributed by atoms with van der Waals surface area (Å²) in [4.78, 5) is 11.5. The molecule has 3 atom stereocenters. The fourth-order valence-electron chi connectivity index (χ4n) is 5.06. The Hall–Kier alpha value is -3.04. The van der Waals surface area contributed by atoms with E-state index in [2.05, 4.69) is 40.2 Å². The van der Waals surface area contributed by atoms with Gasteiger partial charge in [0.05, 0.1) is 17.0 Å². The molecule has 0 radical (unpaired) electrons. The molecular weight excluding hydrogens is 362 g/mol. The van der Waals surface area contributed by atoms with Crippen molar-refractivity contribution in [1.82, 2.24) is 20.0 Å². The van der Waals surface area contributed by atoms with Crippen LogP contribution in [-0.2, 0) is 5.41 Å². The van der Waals surface area contributed by atoms with Crippen LogP contribution in [0, 0.1) is 17.2 Å². The zero-order valence-electron chi connectivity index (χ0n) is 16.5. The number of nitriles is 1. The lowest BCUT2D eigenvalue weighted by atomic mass is 9.80. The van der Waals surface area contributed by atoms with E-state index in [1.165, 1.54) is 18.4 Å². The summed E-state index contributed by atoms with van der Waals surface area (Å²) < 4.78 is 5.82. The summed E-state index contributed by atoms with van der Waals surface area (Å²) in [6.45, 7) is 4.20. The molecule has 2 fully saturated rings. The van der Waals surface area contributed by atoms with Crippen molar-refractivity contribution in [3.05, 3.63) is 65.8 Å². The van der Waals surface area contributed by atoms with E-state index in [0.717, 1.165) is 31.0 Å². The van der Waals surface area contributed by atoms with Gasteiger partial charge in [0.2, 0.25) is 11.7 Å². The predicted molar refractivity (Wildman–Crippen MR) is 108 cm³/mol.